The lowest BCUT2D eigenvalue weighted by atomic mass is 9.94. The number of nitrogens with zero attached hydrogens (tertiary/aromatic N) is 2. The second kappa shape index (κ2) is 9.13. The molecular weight excluding hydrogens is 448 g/mol. The van der Waals surface area contributed by atoms with Crippen molar-refractivity contribution in [1.82, 2.24) is 4.57 Å². The molecule has 0 spiro atoms. The molecule has 0 N–H and O–H groups in total. The Hall–Kier alpha value is -3.17. The van der Waals surface area contributed by atoms with Gasteiger partial charge < -0.3 is 14.2 Å². The van der Waals surface area contributed by atoms with Gasteiger partial charge in [0.25, 0.3) is 5.56 Å². The zero-order valence-corrected chi connectivity index (χ0v) is 19.7. The molecule has 166 valence electrons. The maximum absolute atomic E-state index is 13.5. The number of thiophene rings is 1. The van der Waals surface area contributed by atoms with Crippen LogP contribution in [0.3, 0.4) is 0 Å². The van der Waals surface area contributed by atoms with E-state index < -0.39 is 12.0 Å². The molecule has 0 aliphatic carbocycles. The first kappa shape index (κ1) is 22.0. The summed E-state index contributed by atoms with van der Waals surface area (Å²) in [6, 6.07) is 6.48. The Kier molecular flexibility index (Phi) is 6.29. The van der Waals surface area contributed by atoms with Crippen molar-refractivity contribution in [3.8, 4) is 11.5 Å². The number of carbonyl (C=O) groups is 1. The lowest BCUT2D eigenvalue weighted by Crippen LogP contribution is -2.40. The molecule has 7 nitrogen and oxygen atoms in total. The Balaban J connectivity index is 2.03. The molecule has 3 aromatic rings. The number of esters is 1. The van der Waals surface area contributed by atoms with Gasteiger partial charge in [-0.05, 0) is 60.5 Å². The summed E-state index contributed by atoms with van der Waals surface area (Å²) >= 11 is 2.84. The first-order chi connectivity index (χ1) is 15.5. The first-order valence-corrected chi connectivity index (χ1v) is 11.7. The molecule has 0 saturated carbocycles. The van der Waals surface area contributed by atoms with Crippen molar-refractivity contribution >= 4 is 34.7 Å². The number of benzene rings is 1. The van der Waals surface area contributed by atoms with Gasteiger partial charge in [0.15, 0.2) is 4.80 Å². The maximum Gasteiger partial charge on any atom is 0.338 e. The minimum atomic E-state index is -0.764. The van der Waals surface area contributed by atoms with Crippen LogP contribution in [-0.4, -0.2) is 31.4 Å². The molecule has 0 saturated heterocycles. The molecule has 1 aromatic carbocycles. The van der Waals surface area contributed by atoms with Gasteiger partial charge in [-0.2, -0.15) is 11.3 Å². The monoisotopic (exact) mass is 470 g/mol. The van der Waals surface area contributed by atoms with E-state index in [1.807, 2.05) is 22.9 Å². The second-order valence-electron chi connectivity index (χ2n) is 6.97. The molecule has 1 atom stereocenters. The Bertz CT molecular complexity index is 1370. The summed E-state index contributed by atoms with van der Waals surface area (Å²) in [5.41, 5.74) is 2.13. The van der Waals surface area contributed by atoms with Crippen LogP contribution in [0.1, 0.15) is 31.0 Å². The van der Waals surface area contributed by atoms with Gasteiger partial charge in [0.2, 0.25) is 0 Å². The average Bonchev–Trinajstić information content (AvgIpc) is 3.40. The number of hydrogen-bond donors (Lipinski definition) is 0. The number of methoxy groups -OCH3 is 2. The molecule has 0 radical (unpaired) electrons. The number of thiazole rings is 1. The third-order valence-corrected chi connectivity index (χ3v) is 6.77. The highest BCUT2D eigenvalue weighted by molar-refractivity contribution is 7.08. The molecule has 9 heteroatoms. The summed E-state index contributed by atoms with van der Waals surface area (Å²) in [5, 5.41) is 3.92. The zero-order valence-electron chi connectivity index (χ0n) is 18.1. The third-order valence-electron chi connectivity index (χ3n) is 5.09. The minimum absolute atomic E-state index is 0.208. The van der Waals surface area contributed by atoms with Gasteiger partial charge in [0.1, 0.15) is 17.5 Å². The van der Waals surface area contributed by atoms with E-state index in [0.717, 1.165) is 5.56 Å². The number of carbonyl (C=O) groups excluding carboxylic acids is 1. The van der Waals surface area contributed by atoms with Crippen molar-refractivity contribution in [3.05, 3.63) is 77.1 Å². The van der Waals surface area contributed by atoms with Crippen molar-refractivity contribution in [2.75, 3.05) is 20.8 Å². The normalized spacial score (nSPS) is 15.9. The van der Waals surface area contributed by atoms with E-state index >= 15 is 0 Å². The van der Waals surface area contributed by atoms with Gasteiger partial charge in [-0.25, -0.2) is 9.79 Å². The molecule has 3 heterocycles. The summed E-state index contributed by atoms with van der Waals surface area (Å²) in [6.45, 7) is 3.70. The maximum atomic E-state index is 13.5. The third kappa shape index (κ3) is 3.89. The van der Waals surface area contributed by atoms with Gasteiger partial charge in [-0.15, -0.1) is 0 Å². The van der Waals surface area contributed by atoms with Crippen molar-refractivity contribution in [2.45, 2.75) is 19.9 Å². The van der Waals surface area contributed by atoms with Gasteiger partial charge in [-0.3, -0.25) is 9.36 Å². The van der Waals surface area contributed by atoms with Crippen LogP contribution in [0.4, 0.5) is 0 Å². The van der Waals surface area contributed by atoms with Crippen molar-refractivity contribution in [1.29, 1.82) is 0 Å². The smallest absolute Gasteiger partial charge is 0.338 e. The van der Waals surface area contributed by atoms with Gasteiger partial charge >= 0.3 is 5.97 Å². The van der Waals surface area contributed by atoms with Crippen LogP contribution in [0.25, 0.3) is 6.08 Å². The van der Waals surface area contributed by atoms with Crippen LogP contribution in [0.15, 0.2) is 56.1 Å². The Morgan fingerprint density at radius 3 is 2.72 bits per heavy atom. The molecule has 0 bridgehead atoms. The molecule has 0 amide bonds. The lowest BCUT2D eigenvalue weighted by molar-refractivity contribution is -0.139. The Morgan fingerprint density at radius 1 is 1.25 bits per heavy atom. The van der Waals surface area contributed by atoms with Gasteiger partial charge in [0.05, 0.1) is 36.6 Å². The lowest BCUT2D eigenvalue weighted by Gasteiger charge is -2.26. The predicted octanol–water partition coefficient (Wildman–Crippen LogP) is 2.88. The topological polar surface area (TPSA) is 79.1 Å². The summed E-state index contributed by atoms with van der Waals surface area (Å²) in [5.74, 6) is 0.592. The number of hydrogen-bond acceptors (Lipinski definition) is 8. The molecular formula is C23H22N2O5S2. The fourth-order valence-electron chi connectivity index (χ4n) is 3.65. The zero-order chi connectivity index (χ0) is 22.8. The summed E-state index contributed by atoms with van der Waals surface area (Å²) in [7, 11) is 3.11. The van der Waals surface area contributed by atoms with E-state index in [-0.39, 0.29) is 12.2 Å². The highest BCUT2D eigenvalue weighted by atomic mass is 32.1. The predicted molar refractivity (Wildman–Crippen MR) is 124 cm³/mol. The van der Waals surface area contributed by atoms with E-state index in [2.05, 4.69) is 4.99 Å². The van der Waals surface area contributed by atoms with Crippen LogP contribution in [-0.2, 0) is 9.53 Å². The minimum Gasteiger partial charge on any atom is -0.497 e. The largest absolute Gasteiger partial charge is 0.497 e. The van der Waals surface area contributed by atoms with Gasteiger partial charge in [-0.1, -0.05) is 11.3 Å². The summed E-state index contributed by atoms with van der Waals surface area (Å²) < 4.78 is 18.4. The fraction of sp³-hybridized carbons (Fsp3) is 0.261. The van der Waals surface area contributed by atoms with E-state index in [9.17, 15) is 9.59 Å². The molecule has 0 unspecified atom stereocenters. The Morgan fingerprint density at radius 2 is 2.06 bits per heavy atom. The number of allylic oxidation sites excluding steroid dienone is 1. The molecule has 0 fully saturated rings. The van der Waals surface area contributed by atoms with E-state index in [4.69, 9.17) is 14.2 Å². The summed E-state index contributed by atoms with van der Waals surface area (Å²) in [4.78, 5) is 31.6. The van der Waals surface area contributed by atoms with Crippen LogP contribution in [0.2, 0.25) is 0 Å². The highest BCUT2D eigenvalue weighted by Gasteiger charge is 2.35. The van der Waals surface area contributed by atoms with Gasteiger partial charge in [0, 0.05) is 5.56 Å². The van der Waals surface area contributed by atoms with Crippen molar-refractivity contribution in [3.63, 3.8) is 0 Å². The number of rotatable bonds is 6. The van der Waals surface area contributed by atoms with Crippen LogP contribution in [0, 0.1) is 0 Å². The number of fused-ring (bicyclic) bond motifs is 1. The average molecular weight is 471 g/mol. The van der Waals surface area contributed by atoms with E-state index in [1.54, 1.807) is 62.2 Å². The second-order valence-corrected chi connectivity index (χ2v) is 8.76. The molecule has 4 rings (SSSR count). The molecule has 1 aliphatic rings. The standard InChI is InChI=1S/C23H22N2O5S2/c1-5-30-22(27)19-13(2)24-23-25(21(26)18(32-23)10-14-8-9-31-12-14)20(19)16-11-15(28-3)6-7-17(16)29-4/h6-12,20H,5H2,1-4H3/b18-10+/t20-/m0/s1. The van der Waals surface area contributed by atoms with E-state index in [1.165, 1.54) is 11.3 Å². The highest BCUT2D eigenvalue weighted by Crippen LogP contribution is 2.37. The number of aromatic nitrogens is 1. The molecule has 2 aromatic heterocycles. The van der Waals surface area contributed by atoms with Crippen LogP contribution < -0.4 is 24.4 Å². The van der Waals surface area contributed by atoms with E-state index in [0.29, 0.717) is 37.7 Å². The number of ether oxygens (including phenoxy) is 3. The SMILES string of the molecule is CCOC(=O)C1=C(C)N=c2s/c(=C/c3ccsc3)c(=O)n2[C@H]1c1cc(OC)ccc1OC. The molecule has 32 heavy (non-hydrogen) atoms. The van der Waals surface area contributed by atoms with Crippen LogP contribution >= 0.6 is 22.7 Å². The Labute approximate surface area is 192 Å². The van der Waals surface area contributed by atoms with Crippen LogP contribution in [0.5, 0.6) is 11.5 Å². The first-order valence-electron chi connectivity index (χ1n) is 9.92. The quantitative estimate of drug-likeness (QED) is 0.518. The van der Waals surface area contributed by atoms with Crippen molar-refractivity contribution < 1.29 is 19.0 Å². The molecule has 1 aliphatic heterocycles. The summed E-state index contributed by atoms with van der Waals surface area (Å²) in [6.07, 6.45) is 1.84. The van der Waals surface area contributed by atoms with Crippen molar-refractivity contribution in [2.24, 2.45) is 4.99 Å². The fourth-order valence-corrected chi connectivity index (χ4v) is 5.31.